The Kier molecular flexibility index (Phi) is 2.82. The topological polar surface area (TPSA) is 38.5 Å². The number of likely N-dealkylation sites (N-methyl/N-ethyl adjacent to an activating group) is 1. The van der Waals surface area contributed by atoms with E-state index >= 15 is 0 Å². The summed E-state index contributed by atoms with van der Waals surface area (Å²) in [6.45, 7) is 6.89. The lowest BCUT2D eigenvalue weighted by Crippen LogP contribution is -2.21. The molecule has 0 aromatic heterocycles. The lowest BCUT2D eigenvalue weighted by molar-refractivity contribution is 0.0740. The van der Waals surface area contributed by atoms with Crippen LogP contribution in [0.5, 0.6) is 0 Å². The van der Waals surface area contributed by atoms with Crippen LogP contribution in [0.25, 0.3) is 0 Å². The van der Waals surface area contributed by atoms with Crippen molar-refractivity contribution in [2.45, 2.75) is 20.0 Å². The average molecular weight is 206 g/mol. The van der Waals surface area contributed by atoms with Gasteiger partial charge in [0.15, 0.2) is 0 Å². The Morgan fingerprint density at radius 1 is 1.47 bits per heavy atom. The minimum absolute atomic E-state index is 0.213. The number of rotatable bonds is 3. The van der Waals surface area contributed by atoms with Crippen molar-refractivity contribution in [1.82, 2.24) is 0 Å². The zero-order chi connectivity index (χ0) is 10.8. The number of hydrogen-bond acceptors (Lipinski definition) is 3. The van der Waals surface area contributed by atoms with E-state index in [1.807, 2.05) is 19.1 Å². The fourth-order valence-corrected chi connectivity index (χ4v) is 2.15. The molecule has 0 fully saturated rings. The van der Waals surface area contributed by atoms with Crippen LogP contribution >= 0.6 is 0 Å². The first kappa shape index (κ1) is 10.3. The van der Waals surface area contributed by atoms with Crippen molar-refractivity contribution in [3.63, 3.8) is 0 Å². The van der Waals surface area contributed by atoms with Crippen LogP contribution in [0.2, 0.25) is 0 Å². The standard InChI is InChI=1S/C12H18N2O/c1-3-14-8-12(15-4-2)10-6-5-9(13)7-11(10)14/h5-7,12H,3-4,8,13H2,1-2H3. The fourth-order valence-electron chi connectivity index (χ4n) is 2.15. The Bertz CT molecular complexity index is 351. The average Bonchev–Trinajstić information content (AvgIpc) is 2.56. The van der Waals surface area contributed by atoms with Crippen molar-refractivity contribution in [2.24, 2.45) is 0 Å². The maximum Gasteiger partial charge on any atom is 0.102 e. The summed E-state index contributed by atoms with van der Waals surface area (Å²) in [4.78, 5) is 2.31. The summed E-state index contributed by atoms with van der Waals surface area (Å²) >= 11 is 0. The van der Waals surface area contributed by atoms with Crippen LogP contribution in [0.1, 0.15) is 25.5 Å². The van der Waals surface area contributed by atoms with Gasteiger partial charge in [0.1, 0.15) is 6.10 Å². The van der Waals surface area contributed by atoms with E-state index in [1.165, 1.54) is 11.3 Å². The molecule has 0 aliphatic carbocycles. The van der Waals surface area contributed by atoms with E-state index in [9.17, 15) is 0 Å². The summed E-state index contributed by atoms with van der Waals surface area (Å²) in [5.41, 5.74) is 9.13. The molecule has 1 aromatic carbocycles. The zero-order valence-electron chi connectivity index (χ0n) is 9.36. The molecule has 2 N–H and O–H groups in total. The summed E-state index contributed by atoms with van der Waals surface area (Å²) in [6.07, 6.45) is 0.213. The summed E-state index contributed by atoms with van der Waals surface area (Å²) in [5, 5.41) is 0. The van der Waals surface area contributed by atoms with Gasteiger partial charge in [-0.15, -0.1) is 0 Å². The highest BCUT2D eigenvalue weighted by atomic mass is 16.5. The third kappa shape index (κ3) is 1.79. The number of benzene rings is 1. The molecule has 82 valence electrons. The van der Waals surface area contributed by atoms with Crippen molar-refractivity contribution in [1.29, 1.82) is 0 Å². The predicted molar refractivity (Wildman–Crippen MR) is 63.1 cm³/mol. The minimum atomic E-state index is 0.213. The Labute approximate surface area is 90.8 Å². The first-order valence-corrected chi connectivity index (χ1v) is 5.52. The van der Waals surface area contributed by atoms with Gasteiger partial charge in [0.05, 0.1) is 0 Å². The van der Waals surface area contributed by atoms with Gasteiger partial charge in [-0.05, 0) is 26.0 Å². The fraction of sp³-hybridized carbons (Fsp3) is 0.500. The van der Waals surface area contributed by atoms with Gasteiger partial charge in [0, 0.05) is 36.6 Å². The third-order valence-electron chi connectivity index (χ3n) is 2.88. The monoisotopic (exact) mass is 206 g/mol. The zero-order valence-corrected chi connectivity index (χ0v) is 9.36. The van der Waals surface area contributed by atoms with E-state index in [4.69, 9.17) is 10.5 Å². The normalized spacial score (nSPS) is 19.3. The molecule has 1 aromatic rings. The molecule has 1 atom stereocenters. The molecule has 3 nitrogen and oxygen atoms in total. The molecule has 0 spiro atoms. The maximum atomic E-state index is 5.80. The summed E-state index contributed by atoms with van der Waals surface area (Å²) in [7, 11) is 0. The first-order chi connectivity index (χ1) is 7.26. The summed E-state index contributed by atoms with van der Waals surface area (Å²) in [6, 6.07) is 6.07. The van der Waals surface area contributed by atoms with Crippen LogP contribution in [0.3, 0.4) is 0 Å². The predicted octanol–water partition coefficient (Wildman–Crippen LogP) is 2.19. The van der Waals surface area contributed by atoms with Crippen molar-refractivity contribution < 1.29 is 4.74 Å². The van der Waals surface area contributed by atoms with E-state index in [0.717, 1.165) is 25.4 Å². The SMILES string of the molecule is CCOC1CN(CC)c2cc(N)ccc21. The van der Waals surface area contributed by atoms with Crippen LogP contribution in [-0.4, -0.2) is 19.7 Å². The van der Waals surface area contributed by atoms with Gasteiger partial charge < -0.3 is 15.4 Å². The highest BCUT2D eigenvalue weighted by Gasteiger charge is 2.27. The van der Waals surface area contributed by atoms with Crippen molar-refractivity contribution >= 4 is 11.4 Å². The second kappa shape index (κ2) is 4.11. The van der Waals surface area contributed by atoms with Crippen molar-refractivity contribution in [3.05, 3.63) is 23.8 Å². The molecule has 1 aliphatic heterocycles. The summed E-state index contributed by atoms with van der Waals surface area (Å²) < 4.78 is 5.72. The van der Waals surface area contributed by atoms with Gasteiger partial charge in [0.25, 0.3) is 0 Å². The van der Waals surface area contributed by atoms with Crippen LogP contribution in [0.4, 0.5) is 11.4 Å². The van der Waals surface area contributed by atoms with Gasteiger partial charge in [-0.25, -0.2) is 0 Å². The molecule has 0 bridgehead atoms. The second-order valence-corrected chi connectivity index (χ2v) is 3.80. The number of nitrogens with zero attached hydrogens (tertiary/aromatic N) is 1. The van der Waals surface area contributed by atoms with Gasteiger partial charge >= 0.3 is 0 Å². The molecule has 0 saturated carbocycles. The molecule has 0 radical (unpaired) electrons. The molecule has 0 saturated heterocycles. The van der Waals surface area contributed by atoms with Crippen molar-refractivity contribution in [3.8, 4) is 0 Å². The summed E-state index contributed by atoms with van der Waals surface area (Å²) in [5.74, 6) is 0. The number of nitrogens with two attached hydrogens (primary N) is 1. The van der Waals surface area contributed by atoms with Crippen LogP contribution in [0, 0.1) is 0 Å². The quantitative estimate of drug-likeness (QED) is 0.770. The smallest absolute Gasteiger partial charge is 0.102 e. The van der Waals surface area contributed by atoms with Crippen LogP contribution in [-0.2, 0) is 4.74 Å². The van der Waals surface area contributed by atoms with Crippen LogP contribution in [0.15, 0.2) is 18.2 Å². The molecule has 1 heterocycles. The van der Waals surface area contributed by atoms with Gasteiger partial charge in [-0.2, -0.15) is 0 Å². The highest BCUT2D eigenvalue weighted by molar-refractivity contribution is 5.65. The minimum Gasteiger partial charge on any atom is -0.399 e. The van der Waals surface area contributed by atoms with Crippen molar-refractivity contribution in [2.75, 3.05) is 30.3 Å². The Hall–Kier alpha value is -1.22. The van der Waals surface area contributed by atoms with Gasteiger partial charge in [-0.1, -0.05) is 6.07 Å². The Morgan fingerprint density at radius 3 is 2.93 bits per heavy atom. The highest BCUT2D eigenvalue weighted by Crippen LogP contribution is 2.37. The van der Waals surface area contributed by atoms with E-state index in [1.54, 1.807) is 0 Å². The van der Waals surface area contributed by atoms with E-state index < -0.39 is 0 Å². The molecule has 1 unspecified atom stereocenters. The first-order valence-electron chi connectivity index (χ1n) is 5.52. The lowest BCUT2D eigenvalue weighted by atomic mass is 10.1. The molecule has 2 rings (SSSR count). The lowest BCUT2D eigenvalue weighted by Gasteiger charge is -2.17. The molecular formula is C12H18N2O. The molecule has 1 aliphatic rings. The number of ether oxygens (including phenoxy) is 1. The number of fused-ring (bicyclic) bond motifs is 1. The molecule has 3 heteroatoms. The largest absolute Gasteiger partial charge is 0.399 e. The Morgan fingerprint density at radius 2 is 2.27 bits per heavy atom. The Balaban J connectivity index is 2.34. The number of anilines is 2. The second-order valence-electron chi connectivity index (χ2n) is 3.80. The molecule has 0 amide bonds. The van der Waals surface area contributed by atoms with E-state index in [2.05, 4.69) is 17.9 Å². The maximum absolute atomic E-state index is 5.80. The van der Waals surface area contributed by atoms with E-state index in [-0.39, 0.29) is 6.10 Å². The molecular weight excluding hydrogens is 188 g/mol. The van der Waals surface area contributed by atoms with Gasteiger partial charge in [0.2, 0.25) is 0 Å². The van der Waals surface area contributed by atoms with Crippen LogP contribution < -0.4 is 10.6 Å². The third-order valence-corrected chi connectivity index (χ3v) is 2.88. The van der Waals surface area contributed by atoms with E-state index in [0.29, 0.717) is 0 Å². The molecule has 15 heavy (non-hydrogen) atoms. The number of nitrogen functional groups attached to an aromatic ring is 1. The van der Waals surface area contributed by atoms with Gasteiger partial charge in [-0.3, -0.25) is 0 Å². The number of hydrogen-bond donors (Lipinski definition) is 1.